The lowest BCUT2D eigenvalue weighted by molar-refractivity contribution is -0.652. The van der Waals surface area contributed by atoms with Crippen molar-refractivity contribution in [2.24, 2.45) is 7.05 Å². The zero-order valence-corrected chi connectivity index (χ0v) is 20.5. The quantitative estimate of drug-likeness (QED) is 0.319. The van der Waals surface area contributed by atoms with Crippen molar-refractivity contribution in [2.45, 2.75) is 18.8 Å². The van der Waals surface area contributed by atoms with Crippen LogP contribution in [0, 0.1) is 0 Å². The van der Waals surface area contributed by atoms with E-state index in [1.54, 1.807) is 12.1 Å². The third-order valence-corrected chi connectivity index (χ3v) is 7.54. The number of carbonyl (C=O) groups is 1. The van der Waals surface area contributed by atoms with Crippen LogP contribution in [0.5, 0.6) is 0 Å². The van der Waals surface area contributed by atoms with E-state index in [1.807, 2.05) is 37.4 Å². The van der Waals surface area contributed by atoms with Crippen molar-refractivity contribution in [3.05, 3.63) is 113 Å². The van der Waals surface area contributed by atoms with Crippen molar-refractivity contribution in [3.63, 3.8) is 0 Å². The Kier molecular flexibility index (Phi) is 4.97. The molecule has 5 nitrogen and oxygen atoms in total. The van der Waals surface area contributed by atoms with Gasteiger partial charge in [-0.05, 0) is 59.5 Å². The zero-order chi connectivity index (χ0) is 25.0. The molecule has 1 aliphatic rings. The molecular formula is C31H27N2O3+. The average Bonchev–Trinajstić information content (AvgIpc) is 3.31. The predicted octanol–water partition coefficient (Wildman–Crippen LogP) is 6.10. The summed E-state index contributed by atoms with van der Waals surface area (Å²) in [6.07, 6.45) is 2.87. The minimum absolute atomic E-state index is 0.295. The molecular weight excluding hydrogens is 448 g/mol. The molecule has 1 N–H and O–H groups in total. The highest BCUT2D eigenvalue weighted by molar-refractivity contribution is 5.95. The minimum Gasteiger partial charge on any atom is -0.478 e. The third-order valence-electron chi connectivity index (χ3n) is 7.54. The van der Waals surface area contributed by atoms with Gasteiger partial charge in [0.15, 0.2) is 0 Å². The van der Waals surface area contributed by atoms with Gasteiger partial charge < -0.3 is 14.4 Å². The number of anilines is 1. The molecule has 36 heavy (non-hydrogen) atoms. The molecule has 0 saturated carbocycles. The van der Waals surface area contributed by atoms with Crippen molar-refractivity contribution in [1.82, 2.24) is 0 Å². The monoisotopic (exact) mass is 475 g/mol. The van der Waals surface area contributed by atoms with E-state index in [0.29, 0.717) is 12.0 Å². The predicted molar refractivity (Wildman–Crippen MR) is 142 cm³/mol. The second-order valence-electron chi connectivity index (χ2n) is 9.75. The molecule has 178 valence electrons. The fourth-order valence-corrected chi connectivity index (χ4v) is 5.72. The highest BCUT2D eigenvalue weighted by Crippen LogP contribution is 2.52. The number of rotatable bonds is 4. The maximum absolute atomic E-state index is 11.4. The highest BCUT2D eigenvalue weighted by atomic mass is 16.4. The first-order valence-electron chi connectivity index (χ1n) is 12.0. The summed E-state index contributed by atoms with van der Waals surface area (Å²) in [7, 11) is 4.14. The van der Waals surface area contributed by atoms with Crippen LogP contribution in [-0.4, -0.2) is 18.1 Å². The Balaban J connectivity index is 1.57. The lowest BCUT2D eigenvalue weighted by atomic mass is 9.74. The number of carboxylic acid groups (broad SMARTS) is 1. The van der Waals surface area contributed by atoms with Gasteiger partial charge in [-0.25, -0.2) is 4.79 Å². The first kappa shape index (κ1) is 22.1. The van der Waals surface area contributed by atoms with E-state index in [0.717, 1.165) is 28.3 Å². The molecule has 0 fully saturated rings. The number of fused-ring (bicyclic) bond motifs is 4. The van der Waals surface area contributed by atoms with Crippen LogP contribution >= 0.6 is 0 Å². The number of nitrogens with zero attached hydrogens (tertiary/aromatic N) is 2. The molecule has 5 aromatic rings. The van der Waals surface area contributed by atoms with Gasteiger partial charge in [0, 0.05) is 29.9 Å². The molecule has 1 aromatic heterocycles. The van der Waals surface area contributed by atoms with E-state index in [4.69, 9.17) is 4.42 Å². The van der Waals surface area contributed by atoms with Gasteiger partial charge in [0.25, 0.3) is 5.52 Å². The molecule has 2 heterocycles. The van der Waals surface area contributed by atoms with Gasteiger partial charge in [-0.15, -0.1) is 0 Å². The van der Waals surface area contributed by atoms with Crippen LogP contribution in [-0.2, 0) is 18.9 Å². The number of aryl methyl sites for hydroxylation is 1. The molecule has 0 bridgehead atoms. The van der Waals surface area contributed by atoms with Crippen molar-refractivity contribution in [3.8, 4) is 0 Å². The number of likely N-dealkylation sites (N-methyl/N-ethyl adjacent to an activating group) is 1. The van der Waals surface area contributed by atoms with Crippen LogP contribution < -0.4 is 9.47 Å². The van der Waals surface area contributed by atoms with E-state index in [-0.39, 0.29) is 5.41 Å². The van der Waals surface area contributed by atoms with Crippen molar-refractivity contribution in [2.75, 3.05) is 11.9 Å². The number of oxazole rings is 1. The van der Waals surface area contributed by atoms with Crippen molar-refractivity contribution >= 4 is 39.6 Å². The van der Waals surface area contributed by atoms with Gasteiger partial charge in [0.1, 0.15) is 7.05 Å². The molecule has 4 aromatic carbocycles. The average molecular weight is 476 g/mol. The fraction of sp³-hybridized carbons (Fsp3) is 0.161. The topological polar surface area (TPSA) is 57.6 Å². The Morgan fingerprint density at radius 3 is 2.47 bits per heavy atom. The van der Waals surface area contributed by atoms with Gasteiger partial charge in [-0.3, -0.25) is 0 Å². The number of hydrogen-bond acceptors (Lipinski definition) is 3. The Labute approximate surface area is 209 Å². The van der Waals surface area contributed by atoms with Crippen LogP contribution in [0.4, 0.5) is 5.69 Å². The second-order valence-corrected chi connectivity index (χ2v) is 9.75. The Bertz CT molecular complexity index is 1680. The lowest BCUT2D eigenvalue weighted by Crippen LogP contribution is -2.32. The number of aromatic carboxylic acids is 1. The summed E-state index contributed by atoms with van der Waals surface area (Å²) in [4.78, 5) is 13.7. The number of hydrogen-bond donors (Lipinski definition) is 1. The standard InChI is InChI=1S/C31H26N2O3/c1-31(19-20-12-14-22(15-13-20)30(34)35)27(18-28-33(3)24-10-6-7-11-26(24)36-28)32(2)25-17-16-21-8-4-5-9-23(21)29(25)31/h4-18H,19H2,1-3H3/p+1. The van der Waals surface area contributed by atoms with Gasteiger partial charge >= 0.3 is 11.9 Å². The van der Waals surface area contributed by atoms with Crippen LogP contribution in [0.1, 0.15) is 34.3 Å². The van der Waals surface area contributed by atoms with Crippen molar-refractivity contribution in [1.29, 1.82) is 0 Å². The minimum atomic E-state index is -0.914. The molecule has 5 heteroatoms. The first-order valence-corrected chi connectivity index (χ1v) is 12.0. The van der Waals surface area contributed by atoms with Gasteiger partial charge in [0.2, 0.25) is 5.58 Å². The number of benzene rings is 4. The maximum atomic E-state index is 11.4. The first-order chi connectivity index (χ1) is 17.4. The van der Waals surface area contributed by atoms with Crippen LogP contribution in [0.3, 0.4) is 0 Å². The van der Waals surface area contributed by atoms with Gasteiger partial charge in [0.05, 0.1) is 11.6 Å². The number of para-hydroxylation sites is 2. The van der Waals surface area contributed by atoms with Gasteiger partial charge in [-0.1, -0.05) is 54.6 Å². The largest absolute Gasteiger partial charge is 0.478 e. The summed E-state index contributed by atoms with van der Waals surface area (Å²) in [6.45, 7) is 2.28. The number of allylic oxidation sites excluding steroid dienone is 1. The molecule has 6 rings (SSSR count). The van der Waals surface area contributed by atoms with Crippen LogP contribution in [0.25, 0.3) is 27.9 Å². The molecule has 0 amide bonds. The molecule has 0 radical (unpaired) electrons. The zero-order valence-electron chi connectivity index (χ0n) is 20.5. The summed E-state index contributed by atoms with van der Waals surface area (Å²) in [5.74, 6) is -0.134. The maximum Gasteiger partial charge on any atom is 0.375 e. The summed E-state index contributed by atoms with van der Waals surface area (Å²) < 4.78 is 8.36. The van der Waals surface area contributed by atoms with E-state index in [1.165, 1.54) is 22.0 Å². The van der Waals surface area contributed by atoms with E-state index in [2.05, 4.69) is 72.0 Å². The Hall–Kier alpha value is -4.38. The highest BCUT2D eigenvalue weighted by Gasteiger charge is 2.44. The molecule has 1 atom stereocenters. The Morgan fingerprint density at radius 2 is 1.72 bits per heavy atom. The molecule has 0 saturated heterocycles. The number of carboxylic acids is 1. The van der Waals surface area contributed by atoms with Crippen LogP contribution in [0.2, 0.25) is 0 Å². The van der Waals surface area contributed by atoms with E-state index in [9.17, 15) is 9.90 Å². The van der Waals surface area contributed by atoms with Gasteiger partial charge in [-0.2, -0.15) is 4.57 Å². The summed E-state index contributed by atoms with van der Waals surface area (Å²) >= 11 is 0. The SMILES string of the molecule is CN1/C(=C/c2oc3ccccc3[n+]2C)C(C)(Cc2ccc(C(=O)O)cc2)c2c1ccc1ccccc21. The second kappa shape index (κ2) is 8.09. The summed E-state index contributed by atoms with van der Waals surface area (Å²) in [5, 5.41) is 11.8. The summed E-state index contributed by atoms with van der Waals surface area (Å²) in [6, 6.07) is 28.2. The van der Waals surface area contributed by atoms with E-state index < -0.39 is 5.97 Å². The fourth-order valence-electron chi connectivity index (χ4n) is 5.72. The molecule has 0 spiro atoms. The summed E-state index contributed by atoms with van der Waals surface area (Å²) in [5.41, 5.74) is 6.46. The van der Waals surface area contributed by atoms with Crippen molar-refractivity contribution < 1.29 is 18.9 Å². The van der Waals surface area contributed by atoms with E-state index >= 15 is 0 Å². The van der Waals surface area contributed by atoms with Crippen LogP contribution in [0.15, 0.2) is 95.0 Å². The molecule has 1 unspecified atom stereocenters. The Morgan fingerprint density at radius 1 is 1.00 bits per heavy atom. The third kappa shape index (κ3) is 3.31. The normalized spacial score (nSPS) is 18.3. The lowest BCUT2D eigenvalue weighted by Gasteiger charge is -2.29. The smallest absolute Gasteiger partial charge is 0.375 e. The molecule has 1 aliphatic heterocycles. The number of aromatic nitrogens is 1. The molecule has 0 aliphatic carbocycles.